The van der Waals surface area contributed by atoms with Gasteiger partial charge >= 0.3 is 0 Å². The number of benzene rings is 2. The zero-order valence-electron chi connectivity index (χ0n) is 16.7. The van der Waals surface area contributed by atoms with Gasteiger partial charge in [-0.2, -0.15) is 0 Å². The molecule has 0 unspecified atom stereocenters. The minimum atomic E-state index is -3.64. The Morgan fingerprint density at radius 3 is 2.87 bits per heavy atom. The third kappa shape index (κ3) is 4.39. The van der Waals surface area contributed by atoms with Crippen LogP contribution in [-0.4, -0.2) is 31.2 Å². The van der Waals surface area contributed by atoms with Crippen LogP contribution in [0.3, 0.4) is 0 Å². The van der Waals surface area contributed by atoms with E-state index in [9.17, 15) is 18.0 Å². The molecule has 0 saturated heterocycles. The summed E-state index contributed by atoms with van der Waals surface area (Å²) >= 11 is 1.40. The molecule has 6 nitrogen and oxygen atoms in total. The van der Waals surface area contributed by atoms with E-state index in [0.717, 1.165) is 29.7 Å². The molecule has 0 radical (unpaired) electrons. The van der Waals surface area contributed by atoms with E-state index in [0.29, 0.717) is 5.69 Å². The van der Waals surface area contributed by atoms with Crippen molar-refractivity contribution in [1.29, 1.82) is 0 Å². The maximum Gasteiger partial charge on any atom is 0.237 e. The molecule has 0 aromatic heterocycles. The Labute approximate surface area is 180 Å². The van der Waals surface area contributed by atoms with Crippen LogP contribution in [0.2, 0.25) is 0 Å². The summed E-state index contributed by atoms with van der Waals surface area (Å²) in [5, 5.41) is 5.53. The summed E-state index contributed by atoms with van der Waals surface area (Å²) in [6, 6.07) is 12.7. The monoisotopic (exact) mass is 444 g/mol. The van der Waals surface area contributed by atoms with Crippen molar-refractivity contribution >= 4 is 39.1 Å². The van der Waals surface area contributed by atoms with Crippen LogP contribution in [0, 0.1) is 0 Å². The molecule has 1 aliphatic carbocycles. The molecule has 2 N–H and O–H groups in total. The van der Waals surface area contributed by atoms with Crippen LogP contribution in [0.4, 0.5) is 5.69 Å². The van der Waals surface area contributed by atoms with Crippen molar-refractivity contribution in [3.8, 4) is 0 Å². The third-order valence-corrected chi connectivity index (χ3v) is 8.43. The van der Waals surface area contributed by atoms with E-state index in [4.69, 9.17) is 0 Å². The number of amides is 2. The first kappa shape index (κ1) is 20.9. The number of anilines is 1. The summed E-state index contributed by atoms with van der Waals surface area (Å²) in [4.78, 5) is 25.3. The van der Waals surface area contributed by atoms with Gasteiger partial charge in [0.1, 0.15) is 0 Å². The number of hydrogen-bond acceptors (Lipinski definition) is 5. The first-order valence-corrected chi connectivity index (χ1v) is 12.6. The molecule has 0 fully saturated rings. The summed E-state index contributed by atoms with van der Waals surface area (Å²) in [5.41, 5.74) is 2.87. The molecule has 2 aliphatic rings. The van der Waals surface area contributed by atoms with Crippen LogP contribution in [0.15, 0.2) is 52.3 Å². The number of nitrogens with one attached hydrogen (secondary N) is 2. The average molecular weight is 445 g/mol. The van der Waals surface area contributed by atoms with Gasteiger partial charge in [0.15, 0.2) is 9.84 Å². The van der Waals surface area contributed by atoms with Crippen molar-refractivity contribution in [2.24, 2.45) is 0 Å². The highest BCUT2D eigenvalue weighted by atomic mass is 32.2. The SMILES string of the molecule is C[C@@H]1Sc2ccc(S(=O)(=O)CCC(=O)N[C@H]3CCCc4ccccc43)cc2NC1=O. The van der Waals surface area contributed by atoms with E-state index in [1.807, 2.05) is 18.2 Å². The van der Waals surface area contributed by atoms with Gasteiger partial charge in [0.25, 0.3) is 0 Å². The smallest absolute Gasteiger partial charge is 0.237 e. The molecule has 158 valence electrons. The minimum Gasteiger partial charge on any atom is -0.349 e. The van der Waals surface area contributed by atoms with E-state index < -0.39 is 9.84 Å². The maximum absolute atomic E-state index is 12.8. The summed E-state index contributed by atoms with van der Waals surface area (Å²) in [6.45, 7) is 1.80. The second kappa shape index (κ2) is 8.43. The molecule has 4 rings (SSSR count). The molecule has 0 bridgehead atoms. The fraction of sp³-hybridized carbons (Fsp3) is 0.364. The highest BCUT2D eigenvalue weighted by Crippen LogP contribution is 2.37. The Kier molecular flexibility index (Phi) is 5.88. The van der Waals surface area contributed by atoms with Crippen LogP contribution in [-0.2, 0) is 25.8 Å². The number of fused-ring (bicyclic) bond motifs is 2. The molecular weight excluding hydrogens is 420 g/mol. The third-order valence-electron chi connectivity index (χ3n) is 5.54. The summed E-state index contributed by atoms with van der Waals surface area (Å²) in [7, 11) is -3.64. The molecule has 2 amide bonds. The van der Waals surface area contributed by atoms with Crippen LogP contribution in [0.1, 0.15) is 43.4 Å². The molecule has 0 saturated carbocycles. The lowest BCUT2D eigenvalue weighted by atomic mass is 9.88. The summed E-state index contributed by atoms with van der Waals surface area (Å²) < 4.78 is 25.5. The summed E-state index contributed by atoms with van der Waals surface area (Å²) in [5.74, 6) is -0.686. The Balaban J connectivity index is 1.41. The van der Waals surface area contributed by atoms with Gasteiger partial charge in [-0.25, -0.2) is 8.42 Å². The molecule has 8 heteroatoms. The molecular formula is C22H24N2O4S2. The minimum absolute atomic E-state index is 0.0666. The quantitative estimate of drug-likeness (QED) is 0.737. The first-order chi connectivity index (χ1) is 14.3. The van der Waals surface area contributed by atoms with Crippen LogP contribution >= 0.6 is 11.8 Å². The highest BCUT2D eigenvalue weighted by molar-refractivity contribution is 8.01. The normalized spacial score (nSPS) is 20.6. The van der Waals surface area contributed by atoms with Gasteiger partial charge in [0.05, 0.1) is 27.6 Å². The van der Waals surface area contributed by atoms with Crippen LogP contribution in [0.25, 0.3) is 0 Å². The van der Waals surface area contributed by atoms with Crippen LogP contribution < -0.4 is 10.6 Å². The molecule has 1 aliphatic heterocycles. The standard InChI is InChI=1S/C22H24N2O4S2/c1-14-22(26)24-19-13-16(9-10-20(19)29-14)30(27,28)12-11-21(25)23-18-8-4-6-15-5-2-3-7-17(15)18/h2-3,5,7,9-10,13-14,18H,4,6,8,11-12H2,1H3,(H,23,25)(H,24,26)/t14-,18-/m0/s1. The van der Waals surface area contributed by atoms with Gasteiger partial charge in [-0.1, -0.05) is 24.3 Å². The Bertz CT molecular complexity index is 1100. The van der Waals surface area contributed by atoms with Gasteiger partial charge in [0, 0.05) is 11.3 Å². The molecule has 2 aromatic rings. The number of carbonyl (C=O) groups excluding carboxylic acids is 2. The predicted octanol–water partition coefficient (Wildman–Crippen LogP) is 3.48. The second-order valence-corrected chi connectivity index (χ2v) is 11.2. The van der Waals surface area contributed by atoms with Crippen molar-refractivity contribution in [2.75, 3.05) is 11.1 Å². The van der Waals surface area contributed by atoms with E-state index in [2.05, 4.69) is 16.7 Å². The van der Waals surface area contributed by atoms with Gasteiger partial charge in [0.2, 0.25) is 11.8 Å². The van der Waals surface area contributed by atoms with Crippen molar-refractivity contribution in [3.63, 3.8) is 0 Å². The number of aryl methyl sites for hydroxylation is 1. The van der Waals surface area contributed by atoms with Crippen molar-refractivity contribution in [2.45, 2.75) is 53.7 Å². The largest absolute Gasteiger partial charge is 0.349 e. The summed E-state index contributed by atoms with van der Waals surface area (Å²) in [6.07, 6.45) is 2.76. The Hall–Kier alpha value is -2.32. The number of thioether (sulfide) groups is 1. The van der Waals surface area contributed by atoms with E-state index >= 15 is 0 Å². The molecule has 0 spiro atoms. The van der Waals surface area contributed by atoms with E-state index in [-0.39, 0.29) is 40.2 Å². The molecule has 2 aromatic carbocycles. The average Bonchev–Trinajstić information content (AvgIpc) is 2.73. The van der Waals surface area contributed by atoms with Gasteiger partial charge in [-0.05, 0) is 55.5 Å². The second-order valence-electron chi connectivity index (χ2n) is 7.69. The van der Waals surface area contributed by atoms with Gasteiger partial charge in [-0.3, -0.25) is 9.59 Å². The van der Waals surface area contributed by atoms with Gasteiger partial charge in [-0.15, -0.1) is 11.8 Å². The van der Waals surface area contributed by atoms with Crippen molar-refractivity contribution in [1.82, 2.24) is 5.32 Å². The van der Waals surface area contributed by atoms with Crippen molar-refractivity contribution in [3.05, 3.63) is 53.6 Å². The maximum atomic E-state index is 12.8. The Morgan fingerprint density at radius 1 is 1.23 bits per heavy atom. The first-order valence-electron chi connectivity index (χ1n) is 10.0. The van der Waals surface area contributed by atoms with Crippen LogP contribution in [0.5, 0.6) is 0 Å². The number of carbonyl (C=O) groups is 2. The fourth-order valence-corrected chi connectivity index (χ4v) is 6.09. The van der Waals surface area contributed by atoms with E-state index in [1.165, 1.54) is 23.4 Å². The lowest BCUT2D eigenvalue weighted by Gasteiger charge is -2.26. The molecule has 2 atom stereocenters. The Morgan fingerprint density at radius 2 is 2.03 bits per heavy atom. The lowest BCUT2D eigenvalue weighted by molar-refractivity contribution is -0.121. The predicted molar refractivity (Wildman–Crippen MR) is 117 cm³/mol. The molecule has 30 heavy (non-hydrogen) atoms. The zero-order chi connectivity index (χ0) is 21.3. The number of rotatable bonds is 5. The van der Waals surface area contributed by atoms with Gasteiger partial charge < -0.3 is 10.6 Å². The highest BCUT2D eigenvalue weighted by Gasteiger charge is 2.26. The lowest BCUT2D eigenvalue weighted by Crippen LogP contribution is -2.32. The topological polar surface area (TPSA) is 92.3 Å². The number of hydrogen-bond donors (Lipinski definition) is 2. The fourth-order valence-electron chi connectivity index (χ4n) is 3.90. The number of sulfone groups is 1. The molecule has 1 heterocycles. The zero-order valence-corrected chi connectivity index (χ0v) is 18.3. The van der Waals surface area contributed by atoms with E-state index in [1.54, 1.807) is 19.1 Å². The van der Waals surface area contributed by atoms with Crippen molar-refractivity contribution < 1.29 is 18.0 Å².